The van der Waals surface area contributed by atoms with Gasteiger partial charge < -0.3 is 4.90 Å². The van der Waals surface area contributed by atoms with E-state index in [9.17, 15) is 4.79 Å². The van der Waals surface area contributed by atoms with Crippen LogP contribution in [0, 0.1) is 5.92 Å². The molecule has 0 atom stereocenters. The lowest BCUT2D eigenvalue weighted by Gasteiger charge is -2.33. The van der Waals surface area contributed by atoms with Gasteiger partial charge in [0.1, 0.15) is 0 Å². The molecule has 1 amide bonds. The van der Waals surface area contributed by atoms with E-state index in [4.69, 9.17) is 0 Å². The second-order valence-corrected chi connectivity index (χ2v) is 4.21. The summed E-state index contributed by atoms with van der Waals surface area (Å²) in [6.45, 7) is 7.93. The van der Waals surface area contributed by atoms with Gasteiger partial charge in [0, 0.05) is 19.0 Å². The summed E-state index contributed by atoms with van der Waals surface area (Å²) in [4.78, 5) is 13.8. The Kier molecular flexibility index (Phi) is 4.86. The summed E-state index contributed by atoms with van der Waals surface area (Å²) >= 11 is 0. The van der Waals surface area contributed by atoms with Crippen molar-refractivity contribution in [3.63, 3.8) is 0 Å². The van der Waals surface area contributed by atoms with E-state index in [1.54, 1.807) is 0 Å². The van der Waals surface area contributed by atoms with Crippen LogP contribution in [0.5, 0.6) is 0 Å². The third-order valence-electron chi connectivity index (χ3n) is 3.20. The lowest BCUT2D eigenvalue weighted by atomic mass is 9.84. The van der Waals surface area contributed by atoms with E-state index < -0.39 is 0 Å². The molecule has 0 spiro atoms. The van der Waals surface area contributed by atoms with E-state index in [1.165, 1.54) is 12.0 Å². The Bertz CT molecular complexity index is 241. The Morgan fingerprint density at radius 3 is 2.47 bits per heavy atom. The number of carbonyl (C=O) groups excluding carboxylic acids is 1. The second kappa shape index (κ2) is 5.94. The van der Waals surface area contributed by atoms with Gasteiger partial charge in [-0.15, -0.1) is 0 Å². The zero-order valence-corrected chi connectivity index (χ0v) is 10.3. The van der Waals surface area contributed by atoms with Crippen LogP contribution in [-0.2, 0) is 4.79 Å². The van der Waals surface area contributed by atoms with Gasteiger partial charge in [-0.1, -0.05) is 31.9 Å². The minimum atomic E-state index is 0.367. The number of carbonyl (C=O) groups is 1. The van der Waals surface area contributed by atoms with Crippen LogP contribution in [0.1, 0.15) is 46.5 Å². The molecule has 0 N–H and O–H groups in total. The summed E-state index contributed by atoms with van der Waals surface area (Å²) in [5.74, 6) is 0.766. The Morgan fingerprint density at radius 2 is 2.07 bits per heavy atom. The predicted octanol–water partition coefficient (Wildman–Crippen LogP) is 2.99. The van der Waals surface area contributed by atoms with E-state index >= 15 is 0 Å². The van der Waals surface area contributed by atoms with Gasteiger partial charge in [-0.3, -0.25) is 4.79 Å². The Labute approximate surface area is 93.3 Å². The predicted molar refractivity (Wildman–Crippen MR) is 63.6 cm³/mol. The summed E-state index contributed by atoms with van der Waals surface area (Å²) in [5, 5.41) is 0. The summed E-state index contributed by atoms with van der Waals surface area (Å²) in [6.07, 6.45) is 6.74. The van der Waals surface area contributed by atoms with Crippen LogP contribution in [0.3, 0.4) is 0 Å². The van der Waals surface area contributed by atoms with E-state index in [0.29, 0.717) is 11.8 Å². The molecule has 2 nitrogen and oxygen atoms in total. The molecule has 0 radical (unpaired) electrons. The van der Waals surface area contributed by atoms with E-state index in [0.717, 1.165) is 32.4 Å². The van der Waals surface area contributed by atoms with Gasteiger partial charge >= 0.3 is 0 Å². The third-order valence-corrected chi connectivity index (χ3v) is 3.20. The normalized spacial score (nSPS) is 21.0. The molecule has 1 fully saturated rings. The average Bonchev–Trinajstić information content (AvgIpc) is 2.19. The fourth-order valence-corrected chi connectivity index (χ4v) is 1.88. The van der Waals surface area contributed by atoms with Gasteiger partial charge in [-0.05, 0) is 26.2 Å². The summed E-state index contributed by atoms with van der Waals surface area (Å²) in [7, 11) is 0. The largest absolute Gasteiger partial charge is 0.338 e. The van der Waals surface area contributed by atoms with E-state index in [1.807, 2.05) is 18.7 Å². The van der Waals surface area contributed by atoms with Crippen molar-refractivity contribution in [1.82, 2.24) is 4.90 Å². The van der Waals surface area contributed by atoms with Crippen molar-refractivity contribution < 1.29 is 4.79 Å². The first-order valence-electron chi connectivity index (χ1n) is 6.22. The standard InChI is InChI=1S/C11H17NO.C2H6/c1-9-5-7-12(8-6-9)11(13)10-3-2-4-10;1-2/h5,10H,2-4,6-8H2,1H3;1-2H3. The third kappa shape index (κ3) is 3.08. The SMILES string of the molecule is CC.CC1=CCN(C(=O)C2CCC2)CC1. The minimum Gasteiger partial charge on any atom is -0.338 e. The highest BCUT2D eigenvalue weighted by molar-refractivity contribution is 5.79. The monoisotopic (exact) mass is 209 g/mol. The molecule has 1 aliphatic heterocycles. The van der Waals surface area contributed by atoms with Crippen molar-refractivity contribution in [2.24, 2.45) is 5.92 Å². The van der Waals surface area contributed by atoms with Crippen molar-refractivity contribution in [2.75, 3.05) is 13.1 Å². The summed E-state index contributed by atoms with van der Waals surface area (Å²) in [5.41, 5.74) is 1.43. The molecule has 0 aromatic rings. The van der Waals surface area contributed by atoms with Crippen LogP contribution in [-0.4, -0.2) is 23.9 Å². The quantitative estimate of drug-likeness (QED) is 0.608. The molecule has 1 aliphatic carbocycles. The van der Waals surface area contributed by atoms with Gasteiger partial charge in [-0.2, -0.15) is 0 Å². The summed E-state index contributed by atoms with van der Waals surface area (Å²) in [6, 6.07) is 0. The van der Waals surface area contributed by atoms with Gasteiger partial charge in [-0.25, -0.2) is 0 Å². The average molecular weight is 209 g/mol. The van der Waals surface area contributed by atoms with Gasteiger partial charge in [0.15, 0.2) is 0 Å². The minimum absolute atomic E-state index is 0.367. The molecule has 86 valence electrons. The van der Waals surface area contributed by atoms with Crippen LogP contribution in [0.15, 0.2) is 11.6 Å². The Balaban J connectivity index is 0.000000531. The van der Waals surface area contributed by atoms with Crippen LogP contribution < -0.4 is 0 Å². The molecular weight excluding hydrogens is 186 g/mol. The highest BCUT2D eigenvalue weighted by Crippen LogP contribution is 2.29. The first-order valence-corrected chi connectivity index (χ1v) is 6.22. The molecule has 2 aliphatic rings. The van der Waals surface area contributed by atoms with Crippen molar-refractivity contribution in [3.05, 3.63) is 11.6 Å². The zero-order chi connectivity index (χ0) is 11.3. The molecule has 0 saturated heterocycles. The maximum atomic E-state index is 11.8. The zero-order valence-electron chi connectivity index (χ0n) is 10.3. The fraction of sp³-hybridized carbons (Fsp3) is 0.769. The Hall–Kier alpha value is -0.790. The molecule has 2 rings (SSSR count). The van der Waals surface area contributed by atoms with Crippen LogP contribution >= 0.6 is 0 Å². The number of hydrogen-bond acceptors (Lipinski definition) is 1. The molecule has 0 bridgehead atoms. The van der Waals surface area contributed by atoms with E-state index in [-0.39, 0.29) is 0 Å². The number of amides is 1. The molecule has 1 saturated carbocycles. The number of hydrogen-bond donors (Lipinski definition) is 0. The number of nitrogens with zero attached hydrogens (tertiary/aromatic N) is 1. The van der Waals surface area contributed by atoms with Gasteiger partial charge in [0.2, 0.25) is 5.91 Å². The molecule has 0 aromatic carbocycles. The maximum absolute atomic E-state index is 11.8. The Morgan fingerprint density at radius 1 is 1.40 bits per heavy atom. The van der Waals surface area contributed by atoms with Crippen LogP contribution in [0.25, 0.3) is 0 Å². The molecular formula is C13H23NO. The van der Waals surface area contributed by atoms with Crippen LogP contribution in [0.4, 0.5) is 0 Å². The van der Waals surface area contributed by atoms with E-state index in [2.05, 4.69) is 13.0 Å². The molecule has 1 heterocycles. The highest BCUT2D eigenvalue weighted by Gasteiger charge is 2.29. The first-order chi connectivity index (χ1) is 7.27. The lowest BCUT2D eigenvalue weighted by molar-refractivity contribution is -0.137. The van der Waals surface area contributed by atoms with Crippen LogP contribution in [0.2, 0.25) is 0 Å². The molecule has 0 aromatic heterocycles. The second-order valence-electron chi connectivity index (χ2n) is 4.21. The fourth-order valence-electron chi connectivity index (χ4n) is 1.88. The number of rotatable bonds is 1. The van der Waals surface area contributed by atoms with Crippen molar-refractivity contribution in [3.8, 4) is 0 Å². The summed E-state index contributed by atoms with van der Waals surface area (Å²) < 4.78 is 0. The smallest absolute Gasteiger partial charge is 0.225 e. The van der Waals surface area contributed by atoms with Crippen molar-refractivity contribution in [1.29, 1.82) is 0 Å². The highest BCUT2D eigenvalue weighted by atomic mass is 16.2. The lowest BCUT2D eigenvalue weighted by Crippen LogP contribution is -2.41. The molecule has 15 heavy (non-hydrogen) atoms. The van der Waals surface area contributed by atoms with Gasteiger partial charge in [0.05, 0.1) is 0 Å². The van der Waals surface area contributed by atoms with Crippen molar-refractivity contribution >= 4 is 5.91 Å². The van der Waals surface area contributed by atoms with Gasteiger partial charge in [0.25, 0.3) is 0 Å². The first kappa shape index (κ1) is 12.3. The molecule has 2 heteroatoms. The molecule has 0 unspecified atom stereocenters. The topological polar surface area (TPSA) is 20.3 Å². The van der Waals surface area contributed by atoms with Crippen molar-refractivity contribution in [2.45, 2.75) is 46.5 Å². The maximum Gasteiger partial charge on any atom is 0.225 e.